The van der Waals surface area contributed by atoms with E-state index >= 15 is 0 Å². The Morgan fingerprint density at radius 3 is 2.64 bits per heavy atom. The molecule has 166 valence electrons. The lowest BCUT2D eigenvalue weighted by Crippen LogP contribution is -2.12. The van der Waals surface area contributed by atoms with Gasteiger partial charge in [-0.1, -0.05) is 24.2 Å². The van der Waals surface area contributed by atoms with Gasteiger partial charge in [-0.15, -0.1) is 0 Å². The van der Waals surface area contributed by atoms with E-state index in [0.29, 0.717) is 33.3 Å². The van der Waals surface area contributed by atoms with Crippen molar-refractivity contribution in [1.82, 2.24) is 4.98 Å². The highest BCUT2D eigenvalue weighted by atomic mass is 35.5. The molecule has 2 aromatic heterocycles. The van der Waals surface area contributed by atoms with Crippen LogP contribution >= 0.6 is 11.6 Å². The summed E-state index contributed by atoms with van der Waals surface area (Å²) in [5, 5.41) is 10.8. The van der Waals surface area contributed by atoms with Crippen LogP contribution in [0.15, 0.2) is 70.3 Å². The first-order chi connectivity index (χ1) is 15.8. The Hall–Kier alpha value is -3.77. The number of rotatable bonds is 4. The summed E-state index contributed by atoms with van der Waals surface area (Å²) in [5.74, 6) is 1.27. The van der Waals surface area contributed by atoms with Crippen molar-refractivity contribution < 1.29 is 4.42 Å². The summed E-state index contributed by atoms with van der Waals surface area (Å²) in [6.45, 7) is 9.72. The van der Waals surface area contributed by atoms with Gasteiger partial charge >= 0.3 is 0 Å². The van der Waals surface area contributed by atoms with E-state index in [-0.39, 0.29) is 11.5 Å². The molecule has 3 N–H and O–H groups in total. The lowest BCUT2D eigenvalue weighted by atomic mass is 9.98. The van der Waals surface area contributed by atoms with Crippen LogP contribution in [0, 0.1) is 13.8 Å². The van der Waals surface area contributed by atoms with Crippen LogP contribution in [0.1, 0.15) is 29.7 Å². The minimum atomic E-state index is -0.136. The van der Waals surface area contributed by atoms with E-state index in [1.807, 2.05) is 57.2 Å². The highest BCUT2D eigenvalue weighted by Gasteiger charge is 2.20. The van der Waals surface area contributed by atoms with E-state index < -0.39 is 0 Å². The third-order valence-corrected chi connectivity index (χ3v) is 6.05. The molecule has 0 fully saturated rings. The second-order valence-corrected chi connectivity index (χ2v) is 8.73. The zero-order valence-electron chi connectivity index (χ0n) is 18.5. The highest BCUT2D eigenvalue weighted by molar-refractivity contribution is 6.29. The molecule has 6 nitrogen and oxygen atoms in total. The number of halogens is 1. The summed E-state index contributed by atoms with van der Waals surface area (Å²) in [4.78, 5) is 17.5. The van der Waals surface area contributed by atoms with Crippen molar-refractivity contribution in [3.63, 3.8) is 0 Å². The Balaban J connectivity index is 1.64. The first kappa shape index (κ1) is 21.1. The van der Waals surface area contributed by atoms with Crippen LogP contribution in [0.4, 0.5) is 17.1 Å². The highest BCUT2D eigenvalue weighted by Crippen LogP contribution is 2.37. The zero-order chi connectivity index (χ0) is 23.3. The second-order valence-electron chi connectivity index (χ2n) is 8.34. The maximum Gasteiger partial charge on any atom is 0.196 e. The molecule has 0 spiro atoms. The number of pyridine rings is 1. The van der Waals surface area contributed by atoms with Crippen molar-refractivity contribution in [2.45, 2.75) is 26.8 Å². The van der Waals surface area contributed by atoms with Crippen molar-refractivity contribution in [1.29, 1.82) is 0 Å². The molecule has 1 aliphatic rings. The molecule has 3 heterocycles. The molecule has 0 radical (unpaired) electrons. The Bertz CT molecular complexity index is 1470. The molecule has 0 amide bonds. The summed E-state index contributed by atoms with van der Waals surface area (Å²) in [6.07, 6.45) is 1.68. The Kier molecular flexibility index (Phi) is 5.10. The summed E-state index contributed by atoms with van der Waals surface area (Å²) < 4.78 is 6.46. The molecule has 1 unspecified atom stereocenters. The Morgan fingerprint density at radius 1 is 1.09 bits per heavy atom. The van der Waals surface area contributed by atoms with Crippen molar-refractivity contribution in [2.75, 3.05) is 16.0 Å². The van der Waals surface area contributed by atoms with Crippen LogP contribution in [-0.2, 0) is 0 Å². The fourth-order valence-corrected chi connectivity index (χ4v) is 4.32. The van der Waals surface area contributed by atoms with Crippen LogP contribution < -0.4 is 21.4 Å². The van der Waals surface area contributed by atoms with E-state index in [0.717, 1.165) is 33.8 Å². The number of benzene rings is 2. The maximum atomic E-state index is 13.4. The average molecular weight is 459 g/mol. The smallest absolute Gasteiger partial charge is 0.196 e. The molecule has 33 heavy (non-hydrogen) atoms. The molecule has 1 aliphatic heterocycles. The summed E-state index contributed by atoms with van der Waals surface area (Å²) in [7, 11) is 0. The third kappa shape index (κ3) is 3.83. The Labute approximate surface area is 196 Å². The van der Waals surface area contributed by atoms with Gasteiger partial charge in [0.15, 0.2) is 5.43 Å². The molecular weight excluding hydrogens is 436 g/mol. The number of anilines is 3. The van der Waals surface area contributed by atoms with E-state index in [2.05, 4.69) is 27.5 Å². The van der Waals surface area contributed by atoms with E-state index in [1.165, 1.54) is 0 Å². The fraction of sp³-hybridized carbons (Fsp3) is 0.154. The molecule has 0 bridgehead atoms. The molecule has 5 rings (SSSR count). The number of fused-ring (bicyclic) bond motifs is 2. The molecule has 0 saturated carbocycles. The molecule has 7 heteroatoms. The van der Waals surface area contributed by atoms with E-state index in [1.54, 1.807) is 12.3 Å². The lowest BCUT2D eigenvalue weighted by Gasteiger charge is -2.19. The average Bonchev–Trinajstić information content (AvgIpc) is 3.16. The van der Waals surface area contributed by atoms with Gasteiger partial charge in [-0.05, 0) is 62.7 Å². The molecule has 0 saturated heterocycles. The van der Waals surface area contributed by atoms with Crippen LogP contribution in [0.25, 0.3) is 22.3 Å². The first-order valence-electron chi connectivity index (χ1n) is 10.6. The SMILES string of the molecule is C=C1Nc2ccc(-c3oc4c(C(C)Nc5ccc(Cl)nc5)cc(C)cc4c(=O)c3C)cc2N1. The molecule has 0 aliphatic carbocycles. The van der Waals surface area contributed by atoms with Crippen LogP contribution in [-0.4, -0.2) is 4.98 Å². The molecule has 4 aromatic rings. The molecular formula is C26H23ClN4O2. The lowest BCUT2D eigenvalue weighted by molar-refractivity contribution is 0.605. The normalized spacial score (nSPS) is 13.4. The summed E-state index contributed by atoms with van der Waals surface area (Å²) in [6, 6.07) is 13.3. The number of hydrogen-bond acceptors (Lipinski definition) is 6. The number of hydrogen-bond donors (Lipinski definition) is 3. The number of aromatic nitrogens is 1. The summed E-state index contributed by atoms with van der Waals surface area (Å²) >= 11 is 5.91. The topological polar surface area (TPSA) is 79.2 Å². The first-order valence-corrected chi connectivity index (χ1v) is 11.0. The Morgan fingerprint density at radius 2 is 1.88 bits per heavy atom. The van der Waals surface area contributed by atoms with Crippen molar-refractivity contribution >= 4 is 39.6 Å². The molecule has 1 atom stereocenters. The van der Waals surface area contributed by atoms with Gasteiger partial charge in [-0.2, -0.15) is 0 Å². The largest absolute Gasteiger partial charge is 0.455 e. The van der Waals surface area contributed by atoms with Gasteiger partial charge in [0.2, 0.25) is 0 Å². The van der Waals surface area contributed by atoms with Crippen molar-refractivity contribution in [3.05, 3.63) is 93.1 Å². The van der Waals surface area contributed by atoms with Crippen molar-refractivity contribution in [3.8, 4) is 11.3 Å². The van der Waals surface area contributed by atoms with Gasteiger partial charge in [0.05, 0.1) is 34.7 Å². The van der Waals surface area contributed by atoms with Crippen molar-refractivity contribution in [2.24, 2.45) is 0 Å². The predicted octanol–water partition coefficient (Wildman–Crippen LogP) is 6.61. The predicted molar refractivity (Wildman–Crippen MR) is 135 cm³/mol. The quantitative estimate of drug-likeness (QED) is 0.299. The van der Waals surface area contributed by atoms with Crippen LogP contribution in [0.5, 0.6) is 0 Å². The third-order valence-electron chi connectivity index (χ3n) is 5.82. The van der Waals surface area contributed by atoms with Crippen LogP contribution in [0.3, 0.4) is 0 Å². The minimum absolute atomic E-state index is 0.0347. The standard InChI is InChI=1S/C26H23ClN4O2/c1-13-9-19(15(3)29-18-6-8-23(27)28-12-18)26-20(10-13)24(32)14(2)25(33-26)17-5-7-21-22(11-17)31-16(4)30-21/h5-12,15,29-31H,4H2,1-3H3. The van der Waals surface area contributed by atoms with E-state index in [4.69, 9.17) is 16.0 Å². The van der Waals surface area contributed by atoms with Gasteiger partial charge in [-0.25, -0.2) is 4.98 Å². The number of nitrogens with zero attached hydrogens (tertiary/aromatic N) is 1. The second kappa shape index (κ2) is 7.98. The van der Waals surface area contributed by atoms with Gasteiger partial charge in [-0.3, -0.25) is 4.79 Å². The van der Waals surface area contributed by atoms with Gasteiger partial charge in [0.1, 0.15) is 22.3 Å². The zero-order valence-corrected chi connectivity index (χ0v) is 19.3. The summed E-state index contributed by atoms with van der Waals surface area (Å²) in [5.41, 5.74) is 6.49. The van der Waals surface area contributed by atoms with Gasteiger partial charge in [0, 0.05) is 16.7 Å². The number of aryl methyl sites for hydroxylation is 1. The monoisotopic (exact) mass is 458 g/mol. The minimum Gasteiger partial charge on any atom is -0.455 e. The van der Waals surface area contributed by atoms with Gasteiger partial charge < -0.3 is 20.4 Å². The van der Waals surface area contributed by atoms with Crippen LogP contribution in [0.2, 0.25) is 5.15 Å². The van der Waals surface area contributed by atoms with E-state index in [9.17, 15) is 4.79 Å². The number of nitrogens with one attached hydrogen (secondary N) is 3. The fourth-order valence-electron chi connectivity index (χ4n) is 4.21. The van der Waals surface area contributed by atoms with Gasteiger partial charge in [0.25, 0.3) is 0 Å². The maximum absolute atomic E-state index is 13.4. The molecule has 2 aromatic carbocycles.